The highest BCUT2D eigenvalue weighted by molar-refractivity contribution is 14.1. The summed E-state index contributed by atoms with van der Waals surface area (Å²) in [6.07, 6.45) is 0. The number of nitrogens with zero attached hydrogens (tertiary/aromatic N) is 2. The lowest BCUT2D eigenvalue weighted by Gasteiger charge is -1.97. The van der Waals surface area contributed by atoms with Crippen LogP contribution in [0.2, 0.25) is 0 Å². The second-order valence-corrected chi connectivity index (χ2v) is 3.87. The molecule has 4 nitrogen and oxygen atoms in total. The molecule has 1 aromatic heterocycles. The number of hydrogen-bond acceptors (Lipinski definition) is 3. The topological polar surface area (TPSA) is 56.0 Å². The highest BCUT2D eigenvalue weighted by atomic mass is 127. The van der Waals surface area contributed by atoms with Gasteiger partial charge in [0, 0.05) is 17.5 Å². The molecule has 0 bridgehead atoms. The van der Waals surface area contributed by atoms with E-state index in [0.717, 1.165) is 9.09 Å². The van der Waals surface area contributed by atoms with Gasteiger partial charge in [-0.3, -0.25) is 10.1 Å². The van der Waals surface area contributed by atoms with Crippen molar-refractivity contribution in [1.29, 1.82) is 0 Å². The maximum Gasteiger partial charge on any atom is 0.271 e. The molecule has 14 heavy (non-hydrogen) atoms. The summed E-state index contributed by atoms with van der Waals surface area (Å²) in [6.45, 7) is 0. The number of aromatic nitrogens is 1. The average Bonchev–Trinajstić information content (AvgIpc) is 2.16. The van der Waals surface area contributed by atoms with Gasteiger partial charge >= 0.3 is 0 Å². The van der Waals surface area contributed by atoms with Crippen molar-refractivity contribution in [2.24, 2.45) is 0 Å². The first kappa shape index (κ1) is 9.32. The van der Waals surface area contributed by atoms with Gasteiger partial charge in [-0.05, 0) is 34.7 Å². The van der Waals surface area contributed by atoms with Crippen molar-refractivity contribution in [3.8, 4) is 0 Å². The Labute approximate surface area is 93.2 Å². The lowest BCUT2D eigenvalue weighted by atomic mass is 10.2. The fourth-order valence-electron chi connectivity index (χ4n) is 1.19. The first-order valence-corrected chi connectivity index (χ1v) is 4.95. The number of benzene rings is 1. The molecular weight excluding hydrogens is 295 g/mol. The fraction of sp³-hybridized carbons (Fsp3) is 0. The highest BCUT2D eigenvalue weighted by Crippen LogP contribution is 2.19. The second-order valence-electron chi connectivity index (χ2n) is 2.77. The number of non-ortho nitro benzene ring substituents is 1. The van der Waals surface area contributed by atoms with Gasteiger partial charge in [0.1, 0.15) is 3.70 Å². The highest BCUT2D eigenvalue weighted by Gasteiger charge is 2.06. The average molecular weight is 300 g/mol. The molecule has 0 aliphatic rings. The van der Waals surface area contributed by atoms with Crippen molar-refractivity contribution < 1.29 is 4.92 Å². The Balaban J connectivity index is 2.69. The Hall–Kier alpha value is -1.24. The molecule has 0 atom stereocenters. The molecule has 0 saturated heterocycles. The minimum absolute atomic E-state index is 0.0759. The van der Waals surface area contributed by atoms with E-state index in [4.69, 9.17) is 0 Å². The van der Waals surface area contributed by atoms with E-state index in [0.29, 0.717) is 5.52 Å². The van der Waals surface area contributed by atoms with Crippen LogP contribution in [-0.2, 0) is 0 Å². The molecule has 0 N–H and O–H groups in total. The summed E-state index contributed by atoms with van der Waals surface area (Å²) in [5.74, 6) is 0. The maximum absolute atomic E-state index is 10.5. The van der Waals surface area contributed by atoms with Gasteiger partial charge in [0.15, 0.2) is 0 Å². The molecule has 0 aliphatic carbocycles. The Bertz CT molecular complexity index is 513. The van der Waals surface area contributed by atoms with Crippen LogP contribution < -0.4 is 0 Å². The van der Waals surface area contributed by atoms with Crippen LogP contribution in [0.3, 0.4) is 0 Å². The van der Waals surface area contributed by atoms with Crippen molar-refractivity contribution in [2.45, 2.75) is 0 Å². The van der Waals surface area contributed by atoms with Gasteiger partial charge in [-0.15, -0.1) is 0 Å². The number of hydrogen-bond donors (Lipinski definition) is 0. The second kappa shape index (κ2) is 3.49. The number of pyridine rings is 1. The van der Waals surface area contributed by atoms with Gasteiger partial charge in [-0.1, -0.05) is 6.07 Å². The number of rotatable bonds is 1. The van der Waals surface area contributed by atoms with E-state index in [1.165, 1.54) is 12.1 Å². The molecule has 0 fully saturated rings. The third-order valence-electron chi connectivity index (χ3n) is 1.85. The summed E-state index contributed by atoms with van der Waals surface area (Å²) >= 11 is 2.08. The van der Waals surface area contributed by atoms with Crippen LogP contribution in [0.5, 0.6) is 0 Å². The first-order chi connectivity index (χ1) is 6.66. The minimum Gasteiger partial charge on any atom is -0.258 e. The van der Waals surface area contributed by atoms with Gasteiger partial charge in [0.05, 0.1) is 10.4 Å². The van der Waals surface area contributed by atoms with Crippen LogP contribution in [0, 0.1) is 13.8 Å². The zero-order valence-electron chi connectivity index (χ0n) is 6.98. The fourth-order valence-corrected chi connectivity index (χ4v) is 1.63. The van der Waals surface area contributed by atoms with Crippen molar-refractivity contribution in [3.63, 3.8) is 0 Å². The Kier molecular flexibility index (Phi) is 2.32. The molecule has 5 heteroatoms. The lowest BCUT2D eigenvalue weighted by molar-refractivity contribution is -0.384. The van der Waals surface area contributed by atoms with Crippen molar-refractivity contribution >= 4 is 39.2 Å². The van der Waals surface area contributed by atoms with Crippen LogP contribution in [0.1, 0.15) is 0 Å². The molecule has 2 aromatic rings. The molecular formula is C9H5IN2O2. The molecule has 2 rings (SSSR count). The molecule has 1 aromatic carbocycles. The predicted octanol–water partition coefficient (Wildman–Crippen LogP) is 2.75. The normalized spacial score (nSPS) is 10.4. The Morgan fingerprint density at radius 2 is 2.00 bits per heavy atom. The summed E-state index contributed by atoms with van der Waals surface area (Å²) in [6, 6.07) is 8.44. The Morgan fingerprint density at radius 1 is 1.29 bits per heavy atom. The van der Waals surface area contributed by atoms with Crippen LogP contribution in [0.25, 0.3) is 10.9 Å². The molecule has 1 heterocycles. The zero-order valence-corrected chi connectivity index (χ0v) is 9.13. The molecule has 0 spiro atoms. The molecule has 0 aliphatic heterocycles. The van der Waals surface area contributed by atoms with Crippen LogP contribution in [0.4, 0.5) is 5.69 Å². The summed E-state index contributed by atoms with van der Waals surface area (Å²) in [5.41, 5.74) is 0.734. The van der Waals surface area contributed by atoms with E-state index in [2.05, 4.69) is 27.6 Å². The lowest BCUT2D eigenvalue weighted by Crippen LogP contribution is -1.89. The monoisotopic (exact) mass is 300 g/mol. The SMILES string of the molecule is O=[N+]([O-])c1ccc2ccc(I)nc2c1. The molecule has 0 radical (unpaired) electrons. The summed E-state index contributed by atoms with van der Waals surface area (Å²) in [5, 5.41) is 11.4. The van der Waals surface area contributed by atoms with E-state index in [1.54, 1.807) is 6.07 Å². The quantitative estimate of drug-likeness (QED) is 0.352. The van der Waals surface area contributed by atoms with Gasteiger partial charge in [-0.25, -0.2) is 4.98 Å². The van der Waals surface area contributed by atoms with Crippen molar-refractivity contribution in [1.82, 2.24) is 4.98 Å². The van der Waals surface area contributed by atoms with E-state index >= 15 is 0 Å². The third kappa shape index (κ3) is 1.67. The summed E-state index contributed by atoms with van der Waals surface area (Å²) < 4.78 is 0.829. The van der Waals surface area contributed by atoms with Crippen molar-refractivity contribution in [3.05, 3.63) is 44.1 Å². The van der Waals surface area contributed by atoms with E-state index in [1.807, 2.05) is 12.1 Å². The number of halogens is 1. The summed E-state index contributed by atoms with van der Waals surface area (Å²) in [4.78, 5) is 14.3. The van der Waals surface area contributed by atoms with E-state index in [9.17, 15) is 10.1 Å². The van der Waals surface area contributed by atoms with Crippen LogP contribution in [-0.4, -0.2) is 9.91 Å². The van der Waals surface area contributed by atoms with E-state index in [-0.39, 0.29) is 5.69 Å². The van der Waals surface area contributed by atoms with Gasteiger partial charge in [-0.2, -0.15) is 0 Å². The molecule has 0 amide bonds. The van der Waals surface area contributed by atoms with Crippen molar-refractivity contribution in [2.75, 3.05) is 0 Å². The molecule has 70 valence electrons. The minimum atomic E-state index is -0.416. The standard InChI is InChI=1S/C9H5IN2O2/c10-9-4-2-6-1-3-7(12(13)14)5-8(6)11-9/h1-5H. The van der Waals surface area contributed by atoms with E-state index < -0.39 is 4.92 Å². The summed E-state index contributed by atoms with van der Waals surface area (Å²) in [7, 11) is 0. The number of fused-ring (bicyclic) bond motifs is 1. The Morgan fingerprint density at radius 3 is 2.71 bits per heavy atom. The van der Waals surface area contributed by atoms with Gasteiger partial charge in [0.25, 0.3) is 5.69 Å². The number of nitro groups is 1. The molecule has 0 saturated carbocycles. The van der Waals surface area contributed by atoms with Crippen LogP contribution >= 0.6 is 22.6 Å². The van der Waals surface area contributed by atoms with Gasteiger partial charge < -0.3 is 0 Å². The largest absolute Gasteiger partial charge is 0.271 e. The first-order valence-electron chi connectivity index (χ1n) is 3.87. The zero-order chi connectivity index (χ0) is 10.1. The smallest absolute Gasteiger partial charge is 0.258 e. The molecule has 0 unspecified atom stereocenters. The van der Waals surface area contributed by atoms with Crippen LogP contribution in [0.15, 0.2) is 30.3 Å². The number of nitro benzene ring substituents is 1. The van der Waals surface area contributed by atoms with Gasteiger partial charge in [0.2, 0.25) is 0 Å². The third-order valence-corrected chi connectivity index (χ3v) is 2.45. The predicted molar refractivity (Wildman–Crippen MR) is 61.1 cm³/mol. The maximum atomic E-state index is 10.5.